The van der Waals surface area contributed by atoms with E-state index in [0.717, 1.165) is 11.1 Å². The first-order valence-electron chi connectivity index (χ1n) is 8.56. The van der Waals surface area contributed by atoms with Gasteiger partial charge in [0.1, 0.15) is 5.56 Å². The van der Waals surface area contributed by atoms with Crippen molar-refractivity contribution in [2.75, 3.05) is 0 Å². The normalized spacial score (nSPS) is 11.8. The molecule has 26 heavy (non-hydrogen) atoms. The Morgan fingerprint density at radius 2 is 1.62 bits per heavy atom. The van der Waals surface area contributed by atoms with Gasteiger partial charge in [0.25, 0.3) is 5.56 Å². The predicted molar refractivity (Wildman–Crippen MR) is 101 cm³/mol. The number of esters is 1. The molecule has 0 saturated heterocycles. The number of hydrogen-bond donors (Lipinski definition) is 1. The first-order valence-corrected chi connectivity index (χ1v) is 8.56. The molecule has 0 bridgehead atoms. The average Bonchev–Trinajstić information content (AvgIpc) is 2.68. The van der Waals surface area contributed by atoms with E-state index in [-0.39, 0.29) is 11.7 Å². The van der Waals surface area contributed by atoms with Gasteiger partial charge in [0.2, 0.25) is 0 Å². The smallest absolute Gasteiger partial charge is 0.344 e. The highest BCUT2D eigenvalue weighted by Crippen LogP contribution is 2.31. The first kappa shape index (κ1) is 17.6. The van der Waals surface area contributed by atoms with E-state index >= 15 is 0 Å². The molecule has 5 nitrogen and oxygen atoms in total. The lowest BCUT2D eigenvalue weighted by atomic mass is 9.95. The summed E-state index contributed by atoms with van der Waals surface area (Å²) in [6, 6.07) is 18.7. The molecule has 0 spiro atoms. The molecule has 0 fully saturated rings. The molecule has 1 N–H and O–H groups in total. The van der Waals surface area contributed by atoms with E-state index in [1.54, 1.807) is 6.92 Å². The van der Waals surface area contributed by atoms with Gasteiger partial charge in [0, 0.05) is 11.1 Å². The van der Waals surface area contributed by atoms with Crippen molar-refractivity contribution in [1.82, 2.24) is 10.2 Å². The first-order chi connectivity index (χ1) is 12.6. The monoisotopic (exact) mass is 348 g/mol. The van der Waals surface area contributed by atoms with Crippen LogP contribution in [0.25, 0.3) is 22.4 Å². The van der Waals surface area contributed by atoms with Crippen LogP contribution in [0.4, 0.5) is 0 Å². The Morgan fingerprint density at radius 3 is 2.19 bits per heavy atom. The van der Waals surface area contributed by atoms with Crippen LogP contribution < -0.4 is 5.56 Å². The number of nitrogens with one attached hydrogen (secondary N) is 1. The third-order valence-corrected chi connectivity index (χ3v) is 4.18. The van der Waals surface area contributed by atoms with Gasteiger partial charge in [-0.3, -0.25) is 4.79 Å². The molecule has 3 aromatic rings. The minimum absolute atomic E-state index is 0.0228. The minimum atomic E-state index is -0.640. The van der Waals surface area contributed by atoms with Crippen LogP contribution in [0.5, 0.6) is 0 Å². The van der Waals surface area contributed by atoms with Crippen LogP contribution in [0.1, 0.15) is 30.6 Å². The molecular formula is C21H20N2O3. The van der Waals surface area contributed by atoms with Crippen LogP contribution in [0, 0.1) is 0 Å². The second-order valence-corrected chi connectivity index (χ2v) is 6.01. The zero-order chi connectivity index (χ0) is 18.5. The highest BCUT2D eigenvalue weighted by Gasteiger charge is 2.25. The molecular weight excluding hydrogens is 328 g/mol. The fraction of sp³-hybridized carbons (Fsp3) is 0.190. The van der Waals surface area contributed by atoms with Crippen molar-refractivity contribution in [3.8, 4) is 22.4 Å². The molecule has 1 atom stereocenters. The van der Waals surface area contributed by atoms with Gasteiger partial charge in [0.15, 0.2) is 0 Å². The number of carbonyl (C=O) groups excluding carboxylic acids is 1. The van der Waals surface area contributed by atoms with Crippen molar-refractivity contribution in [1.29, 1.82) is 0 Å². The van der Waals surface area contributed by atoms with Gasteiger partial charge < -0.3 is 4.74 Å². The van der Waals surface area contributed by atoms with Crippen LogP contribution in [0.2, 0.25) is 0 Å². The highest BCUT2D eigenvalue weighted by molar-refractivity contribution is 6.00. The van der Waals surface area contributed by atoms with E-state index in [1.807, 2.05) is 67.6 Å². The number of nitrogens with zero attached hydrogens (tertiary/aromatic N) is 1. The summed E-state index contributed by atoms with van der Waals surface area (Å²) in [5.41, 5.74) is 1.98. The quantitative estimate of drug-likeness (QED) is 0.706. The summed E-state index contributed by atoms with van der Waals surface area (Å²) < 4.78 is 5.43. The Bertz CT molecular complexity index is 950. The van der Waals surface area contributed by atoms with Gasteiger partial charge in [-0.1, -0.05) is 67.6 Å². The van der Waals surface area contributed by atoms with Crippen LogP contribution in [0.15, 0.2) is 65.5 Å². The molecule has 0 radical (unpaired) electrons. The molecule has 1 aromatic heterocycles. The summed E-state index contributed by atoms with van der Waals surface area (Å²) >= 11 is 0. The van der Waals surface area contributed by atoms with Crippen molar-refractivity contribution < 1.29 is 9.53 Å². The van der Waals surface area contributed by atoms with Crippen LogP contribution >= 0.6 is 0 Å². The van der Waals surface area contributed by atoms with Gasteiger partial charge in [-0.05, 0) is 18.9 Å². The molecule has 2 aromatic carbocycles. The number of aromatic amines is 1. The third kappa shape index (κ3) is 3.57. The Balaban J connectivity index is 2.26. The maximum absolute atomic E-state index is 12.7. The Kier molecular flexibility index (Phi) is 5.27. The topological polar surface area (TPSA) is 72.0 Å². The predicted octanol–water partition coefficient (Wildman–Crippen LogP) is 4.06. The van der Waals surface area contributed by atoms with E-state index < -0.39 is 11.5 Å². The van der Waals surface area contributed by atoms with Crippen LogP contribution in [-0.4, -0.2) is 22.3 Å². The van der Waals surface area contributed by atoms with E-state index in [0.29, 0.717) is 17.7 Å². The summed E-state index contributed by atoms with van der Waals surface area (Å²) in [6.07, 6.45) is 0.389. The SMILES string of the molecule is CC[C@H](C)OC(=O)c1c(-c2ccccc2)c(-c2ccccc2)n[nH]c1=O. The van der Waals surface area contributed by atoms with Crippen molar-refractivity contribution in [2.24, 2.45) is 0 Å². The summed E-state index contributed by atoms with van der Waals surface area (Å²) in [5.74, 6) is -0.640. The molecule has 5 heteroatoms. The van der Waals surface area contributed by atoms with Gasteiger partial charge >= 0.3 is 5.97 Å². The Morgan fingerprint density at radius 1 is 1.04 bits per heavy atom. The highest BCUT2D eigenvalue weighted by atomic mass is 16.5. The summed E-state index contributed by atoms with van der Waals surface area (Å²) in [6.45, 7) is 3.72. The van der Waals surface area contributed by atoms with Crippen molar-refractivity contribution >= 4 is 5.97 Å². The second-order valence-electron chi connectivity index (χ2n) is 6.01. The zero-order valence-corrected chi connectivity index (χ0v) is 14.7. The molecule has 0 aliphatic carbocycles. The summed E-state index contributed by atoms with van der Waals surface area (Å²) in [4.78, 5) is 25.2. The largest absolute Gasteiger partial charge is 0.459 e. The maximum Gasteiger partial charge on any atom is 0.344 e. The Labute approximate surface area is 151 Å². The van der Waals surface area contributed by atoms with E-state index in [9.17, 15) is 9.59 Å². The Hall–Kier alpha value is -3.21. The number of H-pyrrole nitrogens is 1. The molecule has 0 unspecified atom stereocenters. The van der Waals surface area contributed by atoms with Gasteiger partial charge in [-0.15, -0.1) is 0 Å². The number of hydrogen-bond acceptors (Lipinski definition) is 4. The van der Waals surface area contributed by atoms with E-state index in [2.05, 4.69) is 10.2 Å². The van der Waals surface area contributed by atoms with Gasteiger partial charge in [-0.2, -0.15) is 5.10 Å². The number of rotatable bonds is 5. The van der Waals surface area contributed by atoms with Gasteiger partial charge in [0.05, 0.1) is 11.8 Å². The molecule has 0 aliphatic heterocycles. The molecule has 3 rings (SSSR count). The lowest BCUT2D eigenvalue weighted by molar-refractivity contribution is 0.0333. The molecule has 0 amide bonds. The zero-order valence-electron chi connectivity index (χ0n) is 14.7. The lowest BCUT2D eigenvalue weighted by Gasteiger charge is -2.15. The number of carbonyl (C=O) groups is 1. The molecule has 132 valence electrons. The van der Waals surface area contributed by atoms with Gasteiger partial charge in [-0.25, -0.2) is 9.89 Å². The van der Waals surface area contributed by atoms with E-state index in [4.69, 9.17) is 4.74 Å². The maximum atomic E-state index is 12.7. The minimum Gasteiger partial charge on any atom is -0.459 e. The fourth-order valence-electron chi connectivity index (χ4n) is 2.66. The number of benzene rings is 2. The fourth-order valence-corrected chi connectivity index (χ4v) is 2.66. The van der Waals surface area contributed by atoms with Crippen LogP contribution in [-0.2, 0) is 4.74 Å². The summed E-state index contributed by atoms with van der Waals surface area (Å²) in [5, 5.41) is 6.66. The second kappa shape index (κ2) is 7.78. The van der Waals surface area contributed by atoms with Crippen molar-refractivity contribution in [3.05, 3.63) is 76.6 Å². The molecule has 0 aliphatic rings. The summed E-state index contributed by atoms with van der Waals surface area (Å²) in [7, 11) is 0. The number of ether oxygens (including phenoxy) is 1. The standard InChI is InChI=1S/C21H20N2O3/c1-3-14(2)26-21(25)18-17(15-10-6-4-7-11-15)19(22-23-20(18)24)16-12-8-5-9-13-16/h4-14H,3H2,1-2H3,(H,23,24)/t14-/m0/s1. The average molecular weight is 348 g/mol. The van der Waals surface area contributed by atoms with Crippen molar-refractivity contribution in [3.63, 3.8) is 0 Å². The van der Waals surface area contributed by atoms with Crippen LogP contribution in [0.3, 0.4) is 0 Å². The number of aromatic nitrogens is 2. The van der Waals surface area contributed by atoms with Crippen molar-refractivity contribution in [2.45, 2.75) is 26.4 Å². The third-order valence-electron chi connectivity index (χ3n) is 4.18. The van der Waals surface area contributed by atoms with E-state index in [1.165, 1.54) is 0 Å². The molecule has 0 saturated carbocycles. The molecule has 1 heterocycles. The lowest BCUT2D eigenvalue weighted by Crippen LogP contribution is -2.25.